The van der Waals surface area contributed by atoms with Crippen molar-refractivity contribution in [2.45, 2.75) is 41.0 Å². The number of phenolic OH excluding ortho intramolecular Hbond substituents is 1. The molecule has 0 aliphatic heterocycles. The summed E-state index contributed by atoms with van der Waals surface area (Å²) in [6.07, 6.45) is 0.821. The maximum Gasteiger partial charge on any atom is 0.137 e. The highest BCUT2D eigenvalue weighted by atomic mass is 35.5. The summed E-state index contributed by atoms with van der Waals surface area (Å²) in [4.78, 5) is 4.52. The first-order valence-corrected chi connectivity index (χ1v) is 9.59. The lowest BCUT2D eigenvalue weighted by Crippen LogP contribution is -1.91. The molecule has 136 valence electrons. The number of pyridine rings is 1. The Balaban J connectivity index is 0.000000570. The molecular formula is C23H26ClNO. The molecule has 2 nitrogen and oxygen atoms in total. The van der Waals surface area contributed by atoms with E-state index in [2.05, 4.69) is 18.0 Å². The highest BCUT2D eigenvalue weighted by Gasteiger charge is 2.22. The number of rotatable bonds is 1. The highest BCUT2D eigenvalue weighted by molar-refractivity contribution is 6.32. The van der Waals surface area contributed by atoms with Crippen molar-refractivity contribution in [1.29, 1.82) is 0 Å². The van der Waals surface area contributed by atoms with Crippen LogP contribution in [-0.4, -0.2) is 10.1 Å². The minimum Gasteiger partial charge on any atom is -0.508 e. The van der Waals surface area contributed by atoms with E-state index in [1.807, 2.05) is 64.1 Å². The molecule has 0 bridgehead atoms. The Morgan fingerprint density at radius 2 is 1.62 bits per heavy atom. The van der Waals surface area contributed by atoms with Crippen LogP contribution in [0.3, 0.4) is 0 Å². The van der Waals surface area contributed by atoms with Crippen LogP contribution in [-0.2, 0) is 6.42 Å². The summed E-state index contributed by atoms with van der Waals surface area (Å²) in [6, 6.07) is 15.6. The summed E-state index contributed by atoms with van der Waals surface area (Å²) in [5.74, 6) is 0.294. The SMILES string of the molecule is CC.CC.CC1=C(c2cc3ccccc3nc2Cl)Cc2ccc(O)cc21. The topological polar surface area (TPSA) is 33.1 Å². The fraction of sp³-hybridized carbons (Fsp3) is 0.261. The van der Waals surface area contributed by atoms with E-state index in [1.54, 1.807) is 6.07 Å². The number of aromatic hydroxyl groups is 1. The van der Waals surface area contributed by atoms with Crippen LogP contribution in [0.25, 0.3) is 22.0 Å². The Morgan fingerprint density at radius 3 is 2.35 bits per heavy atom. The number of allylic oxidation sites excluding steroid dienone is 2. The van der Waals surface area contributed by atoms with E-state index >= 15 is 0 Å². The van der Waals surface area contributed by atoms with Gasteiger partial charge in [0.05, 0.1) is 5.52 Å². The number of para-hydroxylation sites is 1. The van der Waals surface area contributed by atoms with Crippen LogP contribution < -0.4 is 0 Å². The van der Waals surface area contributed by atoms with Gasteiger partial charge in [0.2, 0.25) is 0 Å². The predicted molar refractivity (Wildman–Crippen MR) is 114 cm³/mol. The van der Waals surface area contributed by atoms with Gasteiger partial charge in [-0.2, -0.15) is 0 Å². The molecule has 0 radical (unpaired) electrons. The van der Waals surface area contributed by atoms with Crippen molar-refractivity contribution in [1.82, 2.24) is 4.98 Å². The Kier molecular flexibility index (Phi) is 6.82. The normalized spacial score (nSPS) is 12.1. The quantitative estimate of drug-likeness (QED) is 0.464. The van der Waals surface area contributed by atoms with Crippen molar-refractivity contribution < 1.29 is 5.11 Å². The second-order valence-corrected chi connectivity index (χ2v) is 6.00. The number of benzene rings is 2. The third-order valence-electron chi connectivity index (χ3n) is 4.32. The van der Waals surface area contributed by atoms with E-state index < -0.39 is 0 Å². The zero-order valence-electron chi connectivity index (χ0n) is 16.1. The number of aromatic nitrogens is 1. The van der Waals surface area contributed by atoms with Crippen LogP contribution in [0.1, 0.15) is 51.3 Å². The van der Waals surface area contributed by atoms with Gasteiger partial charge in [-0.3, -0.25) is 0 Å². The number of fused-ring (bicyclic) bond motifs is 2. The van der Waals surface area contributed by atoms with Crippen molar-refractivity contribution >= 4 is 33.7 Å². The second-order valence-electron chi connectivity index (χ2n) is 5.64. The zero-order valence-corrected chi connectivity index (χ0v) is 16.9. The van der Waals surface area contributed by atoms with E-state index in [-0.39, 0.29) is 0 Å². The molecule has 1 aliphatic rings. The van der Waals surface area contributed by atoms with Crippen molar-refractivity contribution in [3.63, 3.8) is 0 Å². The zero-order chi connectivity index (χ0) is 19.3. The summed E-state index contributed by atoms with van der Waals surface area (Å²) in [5.41, 5.74) is 6.54. The summed E-state index contributed by atoms with van der Waals surface area (Å²) in [7, 11) is 0. The molecule has 1 N–H and O–H groups in total. The lowest BCUT2D eigenvalue weighted by Gasteiger charge is -2.08. The van der Waals surface area contributed by atoms with Crippen LogP contribution >= 0.6 is 11.6 Å². The van der Waals surface area contributed by atoms with Gasteiger partial charge in [-0.1, -0.05) is 63.6 Å². The van der Waals surface area contributed by atoms with Gasteiger partial charge in [0.25, 0.3) is 0 Å². The largest absolute Gasteiger partial charge is 0.508 e. The Bertz CT molecular complexity index is 944. The lowest BCUT2D eigenvalue weighted by molar-refractivity contribution is 0.475. The average Bonchev–Trinajstić information content (AvgIpc) is 3.00. The lowest BCUT2D eigenvalue weighted by atomic mass is 10.0. The molecule has 0 fully saturated rings. The Morgan fingerprint density at radius 1 is 0.923 bits per heavy atom. The van der Waals surface area contributed by atoms with E-state index in [4.69, 9.17) is 11.6 Å². The third kappa shape index (κ3) is 3.76. The maximum absolute atomic E-state index is 9.71. The van der Waals surface area contributed by atoms with Crippen LogP contribution in [0.5, 0.6) is 5.75 Å². The summed E-state index contributed by atoms with van der Waals surface area (Å²) < 4.78 is 0. The first-order valence-electron chi connectivity index (χ1n) is 9.21. The second kappa shape index (κ2) is 8.86. The minimum atomic E-state index is 0.294. The van der Waals surface area contributed by atoms with Crippen LogP contribution in [0, 0.1) is 0 Å². The average molecular weight is 368 g/mol. The van der Waals surface area contributed by atoms with Crippen LogP contribution in [0.2, 0.25) is 5.15 Å². The van der Waals surface area contributed by atoms with Gasteiger partial charge in [0.1, 0.15) is 10.9 Å². The van der Waals surface area contributed by atoms with Gasteiger partial charge < -0.3 is 5.11 Å². The number of phenols is 1. The molecule has 0 saturated carbocycles. The van der Waals surface area contributed by atoms with Crippen LogP contribution in [0.15, 0.2) is 48.5 Å². The highest BCUT2D eigenvalue weighted by Crippen LogP contribution is 2.41. The van der Waals surface area contributed by atoms with Gasteiger partial charge in [-0.15, -0.1) is 0 Å². The number of halogens is 1. The van der Waals surface area contributed by atoms with Gasteiger partial charge in [0.15, 0.2) is 0 Å². The monoisotopic (exact) mass is 367 g/mol. The molecule has 1 aromatic heterocycles. The molecule has 1 aliphatic carbocycles. The predicted octanol–water partition coefficient (Wildman–Crippen LogP) is 7.13. The molecule has 1 heterocycles. The first kappa shape index (κ1) is 20.0. The number of hydrogen-bond acceptors (Lipinski definition) is 2. The van der Waals surface area contributed by atoms with Gasteiger partial charge >= 0.3 is 0 Å². The Hall–Kier alpha value is -2.32. The first-order chi connectivity index (χ1) is 12.6. The smallest absolute Gasteiger partial charge is 0.137 e. The van der Waals surface area contributed by atoms with Gasteiger partial charge in [-0.25, -0.2) is 4.98 Å². The molecule has 2 aromatic carbocycles. The van der Waals surface area contributed by atoms with Crippen molar-refractivity contribution in [2.75, 3.05) is 0 Å². The Labute approximate surface area is 161 Å². The fourth-order valence-electron chi connectivity index (χ4n) is 3.15. The number of hydrogen-bond donors (Lipinski definition) is 1. The third-order valence-corrected chi connectivity index (χ3v) is 4.61. The van der Waals surface area contributed by atoms with Crippen molar-refractivity contribution in [3.05, 3.63) is 70.4 Å². The standard InChI is InChI=1S/C19H14ClNO.2C2H6/c1-11-15-10-14(22)7-6-12(15)8-16(11)17-9-13-4-2-3-5-18(13)21-19(17)20;2*1-2/h2-7,9-10,22H,8H2,1H3;2*1-2H3. The molecule has 26 heavy (non-hydrogen) atoms. The summed E-state index contributed by atoms with van der Waals surface area (Å²) in [5, 5.41) is 11.3. The van der Waals surface area contributed by atoms with E-state index in [1.165, 1.54) is 11.1 Å². The summed E-state index contributed by atoms with van der Waals surface area (Å²) in [6.45, 7) is 10.1. The molecular weight excluding hydrogens is 342 g/mol. The van der Waals surface area contributed by atoms with Gasteiger partial charge in [0, 0.05) is 10.9 Å². The van der Waals surface area contributed by atoms with Crippen molar-refractivity contribution in [2.24, 2.45) is 0 Å². The molecule has 0 unspecified atom stereocenters. The molecule has 3 heteroatoms. The summed E-state index contributed by atoms with van der Waals surface area (Å²) >= 11 is 6.43. The molecule has 0 spiro atoms. The molecule has 0 atom stereocenters. The van der Waals surface area contributed by atoms with E-state index in [0.29, 0.717) is 10.9 Å². The van der Waals surface area contributed by atoms with E-state index in [0.717, 1.165) is 34.0 Å². The van der Waals surface area contributed by atoms with Gasteiger partial charge in [-0.05, 0) is 59.9 Å². The maximum atomic E-state index is 9.71. The molecule has 0 saturated heterocycles. The van der Waals surface area contributed by atoms with Crippen molar-refractivity contribution in [3.8, 4) is 5.75 Å². The molecule has 0 amide bonds. The van der Waals surface area contributed by atoms with E-state index in [9.17, 15) is 5.11 Å². The molecule has 3 aromatic rings. The molecule has 4 rings (SSSR count). The number of nitrogens with zero attached hydrogens (tertiary/aromatic N) is 1. The fourth-order valence-corrected chi connectivity index (χ4v) is 3.41. The van der Waals surface area contributed by atoms with Crippen LogP contribution in [0.4, 0.5) is 0 Å². The minimum absolute atomic E-state index is 0.294.